The molecule has 0 atom stereocenters. The van der Waals surface area contributed by atoms with Gasteiger partial charge >= 0.3 is 0 Å². The number of benzene rings is 2. The lowest BCUT2D eigenvalue weighted by Gasteiger charge is -2.13. The molecule has 0 saturated heterocycles. The van der Waals surface area contributed by atoms with Gasteiger partial charge in [-0.15, -0.1) is 0 Å². The standard InChI is InChI=1S/C21H26N4O3/c1-3-13-28-19-8-6-5-7-16(19)14-23-21(22-4-2)24-15-20(27)25-17-9-11-18(26)12-10-17/h3,5-12,26H,1,4,13-15H2,2H3,(H,25,27)(H2,22,23,24). The van der Waals surface area contributed by atoms with Crippen LogP contribution in [-0.2, 0) is 11.3 Å². The maximum absolute atomic E-state index is 12.1. The van der Waals surface area contributed by atoms with Crippen molar-refractivity contribution >= 4 is 17.6 Å². The number of aromatic hydroxyl groups is 1. The van der Waals surface area contributed by atoms with Gasteiger partial charge in [0, 0.05) is 17.8 Å². The molecule has 0 spiro atoms. The van der Waals surface area contributed by atoms with Crippen LogP contribution < -0.4 is 20.7 Å². The first-order valence-corrected chi connectivity index (χ1v) is 9.05. The number of nitrogens with one attached hydrogen (secondary N) is 3. The van der Waals surface area contributed by atoms with Gasteiger partial charge in [0.2, 0.25) is 5.91 Å². The predicted octanol–water partition coefficient (Wildman–Crippen LogP) is 2.65. The normalized spacial score (nSPS) is 10.8. The van der Waals surface area contributed by atoms with E-state index in [0.717, 1.165) is 11.3 Å². The molecular weight excluding hydrogens is 356 g/mol. The molecule has 0 aliphatic rings. The highest BCUT2D eigenvalue weighted by atomic mass is 16.5. The van der Waals surface area contributed by atoms with Gasteiger partial charge in [-0.1, -0.05) is 30.9 Å². The Morgan fingerprint density at radius 2 is 1.93 bits per heavy atom. The third kappa shape index (κ3) is 7.03. The van der Waals surface area contributed by atoms with Crippen molar-refractivity contribution in [1.29, 1.82) is 0 Å². The van der Waals surface area contributed by atoms with Crippen LogP contribution in [0.4, 0.5) is 5.69 Å². The molecule has 0 bridgehead atoms. The van der Waals surface area contributed by atoms with Crippen molar-refractivity contribution in [2.45, 2.75) is 13.5 Å². The highest BCUT2D eigenvalue weighted by Gasteiger charge is 2.06. The second kappa shape index (κ2) is 11.3. The monoisotopic (exact) mass is 382 g/mol. The number of carbonyl (C=O) groups is 1. The van der Waals surface area contributed by atoms with Crippen molar-refractivity contribution in [1.82, 2.24) is 10.6 Å². The summed E-state index contributed by atoms with van der Waals surface area (Å²) in [5, 5.41) is 18.1. The molecule has 0 fully saturated rings. The van der Waals surface area contributed by atoms with Crippen LogP contribution in [0.15, 0.2) is 66.2 Å². The first-order valence-electron chi connectivity index (χ1n) is 9.05. The maximum Gasteiger partial charge on any atom is 0.243 e. The zero-order valence-electron chi connectivity index (χ0n) is 15.9. The number of phenols is 1. The van der Waals surface area contributed by atoms with Crippen LogP contribution in [-0.4, -0.2) is 36.7 Å². The Morgan fingerprint density at radius 1 is 1.18 bits per heavy atom. The number of hydrogen-bond acceptors (Lipinski definition) is 4. The van der Waals surface area contributed by atoms with E-state index in [1.54, 1.807) is 18.2 Å². The van der Waals surface area contributed by atoms with Gasteiger partial charge in [0.25, 0.3) is 0 Å². The number of aliphatic imine (C=N–C) groups is 1. The highest BCUT2D eigenvalue weighted by Crippen LogP contribution is 2.18. The van der Waals surface area contributed by atoms with Crippen molar-refractivity contribution in [3.05, 3.63) is 66.7 Å². The van der Waals surface area contributed by atoms with E-state index in [4.69, 9.17) is 4.74 Å². The first kappa shape index (κ1) is 20.8. The largest absolute Gasteiger partial charge is 0.508 e. The van der Waals surface area contributed by atoms with E-state index in [1.165, 1.54) is 12.1 Å². The van der Waals surface area contributed by atoms with Gasteiger partial charge in [0.05, 0.1) is 13.1 Å². The van der Waals surface area contributed by atoms with E-state index < -0.39 is 0 Å². The fourth-order valence-electron chi connectivity index (χ4n) is 2.34. The number of para-hydroxylation sites is 1. The number of ether oxygens (including phenoxy) is 1. The Morgan fingerprint density at radius 3 is 2.64 bits per heavy atom. The summed E-state index contributed by atoms with van der Waals surface area (Å²) in [4.78, 5) is 16.6. The van der Waals surface area contributed by atoms with Crippen LogP contribution in [0.1, 0.15) is 12.5 Å². The van der Waals surface area contributed by atoms with Gasteiger partial charge in [-0.2, -0.15) is 0 Å². The number of guanidine groups is 1. The third-order valence-electron chi connectivity index (χ3n) is 3.65. The van der Waals surface area contributed by atoms with Gasteiger partial charge in [-0.3, -0.25) is 4.79 Å². The van der Waals surface area contributed by atoms with Gasteiger partial charge < -0.3 is 25.8 Å². The molecule has 4 N–H and O–H groups in total. The number of rotatable bonds is 9. The van der Waals surface area contributed by atoms with Crippen molar-refractivity contribution in [2.75, 3.05) is 25.0 Å². The molecule has 0 aliphatic carbocycles. The lowest BCUT2D eigenvalue weighted by Crippen LogP contribution is -2.41. The lowest BCUT2D eigenvalue weighted by atomic mass is 10.2. The molecule has 7 heteroatoms. The van der Waals surface area contributed by atoms with E-state index in [0.29, 0.717) is 31.3 Å². The second-order valence-electron chi connectivity index (χ2n) is 5.85. The second-order valence-corrected chi connectivity index (χ2v) is 5.85. The Hall–Kier alpha value is -3.48. The summed E-state index contributed by atoms with van der Waals surface area (Å²) in [6.07, 6.45) is 1.69. The number of nitrogens with zero attached hydrogens (tertiary/aromatic N) is 1. The minimum Gasteiger partial charge on any atom is -0.508 e. The number of carbonyl (C=O) groups excluding carboxylic acids is 1. The molecule has 2 aromatic carbocycles. The van der Waals surface area contributed by atoms with E-state index >= 15 is 0 Å². The Kier molecular flexibility index (Phi) is 8.39. The molecule has 2 rings (SSSR count). The first-order chi connectivity index (χ1) is 13.6. The smallest absolute Gasteiger partial charge is 0.243 e. The summed E-state index contributed by atoms with van der Waals surface area (Å²) >= 11 is 0. The Balaban J connectivity index is 1.94. The van der Waals surface area contributed by atoms with Gasteiger partial charge in [0.15, 0.2) is 5.96 Å². The predicted molar refractivity (Wildman–Crippen MR) is 112 cm³/mol. The van der Waals surface area contributed by atoms with E-state index in [9.17, 15) is 9.90 Å². The minimum absolute atomic E-state index is 0.0569. The topological polar surface area (TPSA) is 95.0 Å². The number of hydrogen-bond donors (Lipinski definition) is 4. The van der Waals surface area contributed by atoms with Crippen LogP contribution in [0, 0.1) is 0 Å². The summed E-state index contributed by atoms with van der Waals surface area (Å²) in [7, 11) is 0. The molecular formula is C21H26N4O3. The van der Waals surface area contributed by atoms with Crippen LogP contribution >= 0.6 is 0 Å². The molecule has 0 unspecified atom stereocenters. The maximum atomic E-state index is 12.1. The van der Waals surface area contributed by atoms with Crippen LogP contribution in [0.5, 0.6) is 11.5 Å². The molecule has 0 aliphatic heterocycles. The van der Waals surface area contributed by atoms with Gasteiger partial charge in [-0.25, -0.2) is 4.99 Å². The van der Waals surface area contributed by atoms with Crippen LogP contribution in [0.2, 0.25) is 0 Å². The molecule has 1 amide bonds. The van der Waals surface area contributed by atoms with Gasteiger partial charge in [-0.05, 0) is 37.3 Å². The molecule has 0 aromatic heterocycles. The van der Waals surface area contributed by atoms with Crippen LogP contribution in [0.25, 0.3) is 0 Å². The summed E-state index contributed by atoms with van der Waals surface area (Å²) < 4.78 is 5.64. The third-order valence-corrected chi connectivity index (χ3v) is 3.65. The summed E-state index contributed by atoms with van der Waals surface area (Å²) in [5.74, 6) is 1.22. The molecule has 0 heterocycles. The summed E-state index contributed by atoms with van der Waals surface area (Å²) in [6.45, 7) is 7.17. The lowest BCUT2D eigenvalue weighted by molar-refractivity contribution is -0.115. The average molecular weight is 382 g/mol. The zero-order valence-corrected chi connectivity index (χ0v) is 15.9. The molecule has 2 aromatic rings. The SMILES string of the molecule is C=CCOc1ccccc1CN=C(NCC)NCC(=O)Nc1ccc(O)cc1. The Labute approximate surface area is 165 Å². The quantitative estimate of drug-likeness (QED) is 0.231. The molecule has 7 nitrogen and oxygen atoms in total. The number of anilines is 1. The number of amides is 1. The minimum atomic E-state index is -0.217. The van der Waals surface area contributed by atoms with Crippen molar-refractivity contribution in [2.24, 2.45) is 4.99 Å². The van der Waals surface area contributed by atoms with Gasteiger partial charge in [0.1, 0.15) is 18.1 Å². The van der Waals surface area contributed by atoms with Crippen molar-refractivity contribution in [3.8, 4) is 11.5 Å². The highest BCUT2D eigenvalue weighted by molar-refractivity contribution is 5.95. The Bertz CT molecular complexity index is 804. The summed E-state index contributed by atoms with van der Waals surface area (Å²) in [5.41, 5.74) is 1.55. The van der Waals surface area contributed by atoms with E-state index in [-0.39, 0.29) is 18.2 Å². The van der Waals surface area contributed by atoms with Crippen molar-refractivity contribution < 1.29 is 14.6 Å². The van der Waals surface area contributed by atoms with E-state index in [2.05, 4.69) is 27.5 Å². The molecule has 28 heavy (non-hydrogen) atoms. The molecule has 148 valence electrons. The fraction of sp³-hybridized carbons (Fsp3) is 0.238. The van der Waals surface area contributed by atoms with Crippen molar-refractivity contribution in [3.63, 3.8) is 0 Å². The van der Waals surface area contributed by atoms with E-state index in [1.807, 2.05) is 31.2 Å². The fourth-order valence-corrected chi connectivity index (χ4v) is 2.34. The molecule has 0 saturated carbocycles. The summed E-state index contributed by atoms with van der Waals surface area (Å²) in [6, 6.07) is 14.0. The zero-order chi connectivity index (χ0) is 20.2. The average Bonchev–Trinajstić information content (AvgIpc) is 2.71. The number of phenolic OH excluding ortho intramolecular Hbond substituents is 1. The molecule has 0 radical (unpaired) electrons. The van der Waals surface area contributed by atoms with Crippen LogP contribution in [0.3, 0.4) is 0 Å².